The zero-order chi connectivity index (χ0) is 17.6. The molecule has 2 amide bonds. The van der Waals surface area contributed by atoms with E-state index in [2.05, 4.69) is 34.3 Å². The van der Waals surface area contributed by atoms with Gasteiger partial charge in [0.05, 0.1) is 19.8 Å². The topological polar surface area (TPSA) is 73.9 Å². The smallest absolute Gasteiger partial charge is 0.234 e. The van der Waals surface area contributed by atoms with Crippen molar-refractivity contribution in [1.29, 1.82) is 0 Å². The number of carbonyl (C=O) groups is 2. The lowest BCUT2D eigenvalue weighted by molar-refractivity contribution is -0.126. The summed E-state index contributed by atoms with van der Waals surface area (Å²) in [5.74, 6) is 0.274. The minimum absolute atomic E-state index is 0.0638. The molecule has 2 rings (SSSR count). The molecule has 0 saturated carbocycles. The summed E-state index contributed by atoms with van der Waals surface area (Å²) in [6.45, 7) is 10.3. The number of ether oxygens (including phenoxy) is 1. The number of likely N-dealkylation sites (tertiary alicyclic amines) is 1. The molecular weight excluding hydrogens is 308 g/mol. The molecule has 0 aromatic carbocycles. The predicted molar refractivity (Wildman–Crippen MR) is 92.7 cm³/mol. The van der Waals surface area contributed by atoms with Crippen molar-refractivity contribution in [2.45, 2.75) is 32.2 Å². The van der Waals surface area contributed by atoms with Gasteiger partial charge in [0.25, 0.3) is 0 Å². The SMILES string of the molecule is CNC(=O)C1CCN(CC(=O)NCC(C)(C)N2CCOCC2)CC1. The lowest BCUT2D eigenvalue weighted by atomic mass is 9.96. The fourth-order valence-corrected chi connectivity index (χ4v) is 3.41. The van der Waals surface area contributed by atoms with Gasteiger partial charge in [-0.2, -0.15) is 0 Å². The summed E-state index contributed by atoms with van der Waals surface area (Å²) in [6, 6.07) is 0. The van der Waals surface area contributed by atoms with Gasteiger partial charge in [0.2, 0.25) is 11.8 Å². The molecule has 2 saturated heterocycles. The average molecular weight is 340 g/mol. The molecule has 0 aromatic rings. The standard InChI is InChI=1S/C17H32N4O3/c1-17(2,21-8-10-24-11-9-21)13-19-15(22)12-20-6-4-14(5-7-20)16(23)18-3/h14H,4-13H2,1-3H3,(H,18,23)(H,19,22). The van der Waals surface area contributed by atoms with Crippen molar-refractivity contribution in [3.05, 3.63) is 0 Å². The van der Waals surface area contributed by atoms with Crippen LogP contribution in [0.2, 0.25) is 0 Å². The Bertz CT molecular complexity index is 428. The van der Waals surface area contributed by atoms with Crippen LogP contribution in [-0.2, 0) is 14.3 Å². The van der Waals surface area contributed by atoms with Crippen molar-refractivity contribution >= 4 is 11.8 Å². The third-order valence-electron chi connectivity index (χ3n) is 5.16. The van der Waals surface area contributed by atoms with E-state index < -0.39 is 0 Å². The fraction of sp³-hybridized carbons (Fsp3) is 0.882. The van der Waals surface area contributed by atoms with Crippen LogP contribution in [0.1, 0.15) is 26.7 Å². The number of rotatable bonds is 6. The first-order valence-corrected chi connectivity index (χ1v) is 8.96. The molecule has 138 valence electrons. The first-order chi connectivity index (χ1) is 11.4. The Labute approximate surface area is 145 Å². The Morgan fingerprint density at radius 3 is 2.33 bits per heavy atom. The molecule has 0 radical (unpaired) electrons. The van der Waals surface area contributed by atoms with Gasteiger partial charge in [0, 0.05) is 38.1 Å². The van der Waals surface area contributed by atoms with Crippen molar-refractivity contribution in [2.24, 2.45) is 5.92 Å². The molecule has 2 N–H and O–H groups in total. The van der Waals surface area contributed by atoms with E-state index in [9.17, 15) is 9.59 Å². The van der Waals surface area contributed by atoms with Crippen molar-refractivity contribution in [3.63, 3.8) is 0 Å². The second-order valence-corrected chi connectivity index (χ2v) is 7.35. The van der Waals surface area contributed by atoms with Crippen LogP contribution < -0.4 is 10.6 Å². The lowest BCUT2D eigenvalue weighted by Gasteiger charge is -2.41. The molecule has 0 aromatic heterocycles. The van der Waals surface area contributed by atoms with E-state index in [-0.39, 0.29) is 23.3 Å². The molecule has 0 aliphatic carbocycles. The zero-order valence-electron chi connectivity index (χ0n) is 15.3. The zero-order valence-corrected chi connectivity index (χ0v) is 15.3. The van der Waals surface area contributed by atoms with Gasteiger partial charge >= 0.3 is 0 Å². The fourth-order valence-electron chi connectivity index (χ4n) is 3.41. The Morgan fingerprint density at radius 2 is 1.75 bits per heavy atom. The summed E-state index contributed by atoms with van der Waals surface area (Å²) in [7, 11) is 1.68. The molecule has 0 atom stereocenters. The van der Waals surface area contributed by atoms with Crippen molar-refractivity contribution in [1.82, 2.24) is 20.4 Å². The highest BCUT2D eigenvalue weighted by molar-refractivity contribution is 5.79. The number of morpholine rings is 1. The number of nitrogens with zero attached hydrogens (tertiary/aromatic N) is 2. The highest BCUT2D eigenvalue weighted by Crippen LogP contribution is 2.17. The van der Waals surface area contributed by atoms with Gasteiger partial charge in [-0.25, -0.2) is 0 Å². The normalized spacial score (nSPS) is 21.5. The van der Waals surface area contributed by atoms with Crippen LogP contribution in [0.5, 0.6) is 0 Å². The second-order valence-electron chi connectivity index (χ2n) is 7.35. The van der Waals surface area contributed by atoms with Crippen LogP contribution in [0.15, 0.2) is 0 Å². The summed E-state index contributed by atoms with van der Waals surface area (Å²) in [4.78, 5) is 28.4. The molecule has 2 fully saturated rings. The van der Waals surface area contributed by atoms with Crippen LogP contribution in [0.4, 0.5) is 0 Å². The van der Waals surface area contributed by atoms with Crippen LogP contribution in [0.3, 0.4) is 0 Å². The summed E-state index contributed by atoms with van der Waals surface area (Å²) < 4.78 is 5.39. The first kappa shape index (κ1) is 19.1. The van der Waals surface area contributed by atoms with Gasteiger partial charge in [-0.05, 0) is 39.8 Å². The van der Waals surface area contributed by atoms with E-state index >= 15 is 0 Å². The Morgan fingerprint density at radius 1 is 1.12 bits per heavy atom. The number of amides is 2. The van der Waals surface area contributed by atoms with Crippen LogP contribution in [0.25, 0.3) is 0 Å². The summed E-state index contributed by atoms with van der Waals surface area (Å²) >= 11 is 0. The van der Waals surface area contributed by atoms with Gasteiger partial charge < -0.3 is 15.4 Å². The second kappa shape index (κ2) is 8.78. The number of piperidine rings is 1. The van der Waals surface area contributed by atoms with E-state index in [0.717, 1.165) is 52.2 Å². The van der Waals surface area contributed by atoms with Crippen LogP contribution in [-0.4, -0.2) is 86.7 Å². The van der Waals surface area contributed by atoms with Gasteiger partial charge in [-0.1, -0.05) is 0 Å². The number of hydrogen-bond acceptors (Lipinski definition) is 5. The highest BCUT2D eigenvalue weighted by Gasteiger charge is 2.29. The van der Waals surface area contributed by atoms with E-state index in [0.29, 0.717) is 13.1 Å². The monoisotopic (exact) mass is 340 g/mol. The van der Waals surface area contributed by atoms with Crippen LogP contribution >= 0.6 is 0 Å². The Balaban J connectivity index is 1.69. The maximum absolute atomic E-state index is 12.2. The largest absolute Gasteiger partial charge is 0.379 e. The third kappa shape index (κ3) is 5.43. The molecule has 0 bridgehead atoms. The number of carbonyl (C=O) groups excluding carboxylic acids is 2. The van der Waals surface area contributed by atoms with Crippen molar-refractivity contribution < 1.29 is 14.3 Å². The highest BCUT2D eigenvalue weighted by atomic mass is 16.5. The predicted octanol–water partition coefficient (Wildman–Crippen LogP) is -0.329. The molecule has 2 aliphatic heterocycles. The van der Waals surface area contributed by atoms with E-state index in [1.165, 1.54) is 0 Å². The molecule has 7 nitrogen and oxygen atoms in total. The van der Waals surface area contributed by atoms with E-state index in [4.69, 9.17) is 4.74 Å². The lowest BCUT2D eigenvalue weighted by Crippen LogP contribution is -2.56. The van der Waals surface area contributed by atoms with Crippen molar-refractivity contribution in [3.8, 4) is 0 Å². The van der Waals surface area contributed by atoms with E-state index in [1.54, 1.807) is 7.05 Å². The molecule has 7 heteroatoms. The van der Waals surface area contributed by atoms with Gasteiger partial charge in [0.15, 0.2) is 0 Å². The molecule has 2 heterocycles. The molecule has 24 heavy (non-hydrogen) atoms. The minimum Gasteiger partial charge on any atom is -0.379 e. The Hall–Kier alpha value is -1.18. The number of nitrogens with one attached hydrogen (secondary N) is 2. The van der Waals surface area contributed by atoms with Gasteiger partial charge in [-0.15, -0.1) is 0 Å². The molecule has 0 spiro atoms. The van der Waals surface area contributed by atoms with Crippen molar-refractivity contribution in [2.75, 3.05) is 59.5 Å². The summed E-state index contributed by atoms with van der Waals surface area (Å²) in [5.41, 5.74) is -0.0638. The molecule has 2 aliphatic rings. The molecule has 0 unspecified atom stereocenters. The maximum Gasteiger partial charge on any atom is 0.234 e. The third-order valence-corrected chi connectivity index (χ3v) is 5.16. The summed E-state index contributed by atoms with van der Waals surface area (Å²) in [6.07, 6.45) is 1.65. The Kier molecular flexibility index (Phi) is 7.01. The quantitative estimate of drug-likeness (QED) is 0.693. The minimum atomic E-state index is -0.0638. The van der Waals surface area contributed by atoms with Crippen LogP contribution in [0, 0.1) is 5.92 Å². The van der Waals surface area contributed by atoms with Gasteiger partial charge in [0.1, 0.15) is 0 Å². The first-order valence-electron chi connectivity index (χ1n) is 8.96. The average Bonchev–Trinajstić information content (AvgIpc) is 2.61. The maximum atomic E-state index is 12.2. The van der Waals surface area contributed by atoms with Gasteiger partial charge in [-0.3, -0.25) is 19.4 Å². The molecular formula is C17H32N4O3. The van der Waals surface area contributed by atoms with E-state index in [1.807, 2.05) is 0 Å². The summed E-state index contributed by atoms with van der Waals surface area (Å²) in [5, 5.41) is 5.78. The number of hydrogen-bond donors (Lipinski definition) is 2.